The van der Waals surface area contributed by atoms with E-state index >= 15 is 0 Å². The summed E-state index contributed by atoms with van der Waals surface area (Å²) in [6.07, 6.45) is 12.6. The molecule has 1 nitrogen and oxygen atoms in total. The molecule has 0 fully saturated rings. The monoisotopic (exact) mass is 317 g/mol. The molecule has 0 aromatic heterocycles. The molecule has 0 aliphatic carbocycles. The van der Waals surface area contributed by atoms with Gasteiger partial charge < -0.3 is 5.32 Å². The van der Waals surface area contributed by atoms with E-state index in [9.17, 15) is 0 Å². The predicted octanol–water partition coefficient (Wildman–Crippen LogP) is 6.72. The minimum atomic E-state index is 0.205. The highest BCUT2D eigenvalue weighted by Crippen LogP contribution is 2.23. The van der Waals surface area contributed by atoms with Gasteiger partial charge in [-0.1, -0.05) is 95.5 Å². The van der Waals surface area contributed by atoms with Crippen LogP contribution in [0, 0.1) is 5.92 Å². The topological polar surface area (TPSA) is 12.0 Å². The Bertz CT molecular complexity index is 382. The molecular weight excluding hydrogens is 278 g/mol. The molecule has 1 rings (SSSR count). The highest BCUT2D eigenvalue weighted by atomic mass is 15.0. The summed E-state index contributed by atoms with van der Waals surface area (Å²) >= 11 is 0. The van der Waals surface area contributed by atoms with Crippen molar-refractivity contribution in [3.05, 3.63) is 35.9 Å². The van der Waals surface area contributed by atoms with E-state index < -0.39 is 0 Å². The fraction of sp³-hybridized carbons (Fsp3) is 0.727. The van der Waals surface area contributed by atoms with Crippen LogP contribution in [0.15, 0.2) is 30.3 Å². The lowest BCUT2D eigenvalue weighted by atomic mass is 9.84. The van der Waals surface area contributed by atoms with E-state index in [1.165, 1.54) is 63.4 Å². The van der Waals surface area contributed by atoms with Crippen molar-refractivity contribution in [2.45, 2.75) is 97.6 Å². The van der Waals surface area contributed by atoms with Gasteiger partial charge in [0.2, 0.25) is 0 Å². The van der Waals surface area contributed by atoms with Gasteiger partial charge in [0.05, 0.1) is 0 Å². The number of benzene rings is 1. The molecule has 0 spiro atoms. The Hall–Kier alpha value is -0.820. The lowest BCUT2D eigenvalue weighted by molar-refractivity contribution is 0.249. The smallest absolute Gasteiger partial charge is 0.0210 e. The van der Waals surface area contributed by atoms with Crippen LogP contribution < -0.4 is 5.32 Å². The molecule has 0 saturated carbocycles. The van der Waals surface area contributed by atoms with Crippen LogP contribution in [0.2, 0.25) is 0 Å². The second-order valence-electron chi connectivity index (χ2n) is 7.73. The maximum absolute atomic E-state index is 3.75. The van der Waals surface area contributed by atoms with Crippen LogP contribution >= 0.6 is 0 Å². The van der Waals surface area contributed by atoms with E-state index in [1.807, 2.05) is 0 Å². The maximum atomic E-state index is 3.75. The van der Waals surface area contributed by atoms with Crippen LogP contribution in [0.25, 0.3) is 0 Å². The lowest BCUT2D eigenvalue weighted by Gasteiger charge is -2.33. The molecule has 0 amide bonds. The Morgan fingerprint density at radius 1 is 0.870 bits per heavy atom. The molecule has 23 heavy (non-hydrogen) atoms. The molecular formula is C22H39N. The SMILES string of the molecule is CCCCCCCCCCC(C)C(C)(C)NCc1ccccc1. The molecule has 132 valence electrons. The minimum absolute atomic E-state index is 0.205. The van der Waals surface area contributed by atoms with E-state index in [1.54, 1.807) is 0 Å². The zero-order valence-corrected chi connectivity index (χ0v) is 16.0. The van der Waals surface area contributed by atoms with Crippen LogP contribution in [-0.4, -0.2) is 5.54 Å². The first-order valence-corrected chi connectivity index (χ1v) is 9.85. The van der Waals surface area contributed by atoms with Crippen molar-refractivity contribution in [1.29, 1.82) is 0 Å². The summed E-state index contributed by atoms with van der Waals surface area (Å²) in [5.41, 5.74) is 1.58. The number of unbranched alkanes of at least 4 members (excludes halogenated alkanes) is 7. The van der Waals surface area contributed by atoms with Gasteiger partial charge in [0.1, 0.15) is 0 Å². The third-order valence-corrected chi connectivity index (χ3v) is 5.31. The molecule has 0 bridgehead atoms. The summed E-state index contributed by atoms with van der Waals surface area (Å²) in [4.78, 5) is 0. The van der Waals surface area contributed by atoms with Gasteiger partial charge in [-0.2, -0.15) is 0 Å². The Labute approximate surface area is 145 Å². The average molecular weight is 318 g/mol. The lowest BCUT2D eigenvalue weighted by Crippen LogP contribution is -2.44. The molecule has 1 unspecified atom stereocenters. The van der Waals surface area contributed by atoms with Crippen molar-refractivity contribution in [2.24, 2.45) is 5.92 Å². The first-order valence-electron chi connectivity index (χ1n) is 9.85. The van der Waals surface area contributed by atoms with Crippen LogP contribution in [0.4, 0.5) is 0 Å². The summed E-state index contributed by atoms with van der Waals surface area (Å²) in [6.45, 7) is 10.4. The average Bonchev–Trinajstić information content (AvgIpc) is 2.56. The highest BCUT2D eigenvalue weighted by Gasteiger charge is 2.24. The molecule has 0 radical (unpaired) electrons. The van der Waals surface area contributed by atoms with Gasteiger partial charge >= 0.3 is 0 Å². The zero-order chi connectivity index (χ0) is 17.0. The molecule has 0 aliphatic rings. The Morgan fingerprint density at radius 3 is 2.04 bits per heavy atom. The van der Waals surface area contributed by atoms with E-state index in [0.29, 0.717) is 5.92 Å². The van der Waals surface area contributed by atoms with Crippen molar-refractivity contribution in [1.82, 2.24) is 5.32 Å². The third kappa shape index (κ3) is 9.15. The van der Waals surface area contributed by atoms with Gasteiger partial charge in [0, 0.05) is 12.1 Å². The second-order valence-corrected chi connectivity index (χ2v) is 7.73. The molecule has 1 heteroatoms. The second kappa shape index (κ2) is 11.7. The molecule has 0 heterocycles. The van der Waals surface area contributed by atoms with Gasteiger partial charge in [-0.3, -0.25) is 0 Å². The van der Waals surface area contributed by atoms with E-state index in [0.717, 1.165) is 6.54 Å². The fourth-order valence-corrected chi connectivity index (χ4v) is 3.05. The van der Waals surface area contributed by atoms with Crippen molar-refractivity contribution in [2.75, 3.05) is 0 Å². The number of hydrogen-bond donors (Lipinski definition) is 1. The Morgan fingerprint density at radius 2 is 1.43 bits per heavy atom. The van der Waals surface area contributed by atoms with Crippen molar-refractivity contribution in [3.63, 3.8) is 0 Å². The van der Waals surface area contributed by atoms with Crippen LogP contribution in [0.1, 0.15) is 91.0 Å². The predicted molar refractivity (Wildman–Crippen MR) is 104 cm³/mol. The summed E-state index contributed by atoms with van der Waals surface area (Å²) in [6, 6.07) is 10.7. The van der Waals surface area contributed by atoms with Crippen molar-refractivity contribution in [3.8, 4) is 0 Å². The molecule has 0 saturated heterocycles. The molecule has 1 atom stereocenters. The molecule has 1 N–H and O–H groups in total. The summed E-state index contributed by atoms with van der Waals surface area (Å²) in [5.74, 6) is 0.714. The molecule has 1 aromatic rings. The normalized spacial score (nSPS) is 13.2. The third-order valence-electron chi connectivity index (χ3n) is 5.31. The largest absolute Gasteiger partial charge is 0.307 e. The number of nitrogens with one attached hydrogen (secondary N) is 1. The van der Waals surface area contributed by atoms with Gasteiger partial charge in [0.25, 0.3) is 0 Å². The van der Waals surface area contributed by atoms with Crippen molar-refractivity contribution >= 4 is 0 Å². The quantitative estimate of drug-likeness (QED) is 0.398. The van der Waals surface area contributed by atoms with Crippen LogP contribution in [0.3, 0.4) is 0 Å². The molecule has 1 aromatic carbocycles. The van der Waals surface area contributed by atoms with E-state index in [2.05, 4.69) is 63.3 Å². The standard InChI is InChI=1S/C22H39N/c1-5-6-7-8-9-10-11-13-16-20(2)22(3,4)23-19-21-17-14-12-15-18-21/h12,14-15,17-18,20,23H,5-11,13,16,19H2,1-4H3. The first-order chi connectivity index (χ1) is 11.1. The fourth-order valence-electron chi connectivity index (χ4n) is 3.05. The molecule has 0 aliphatic heterocycles. The van der Waals surface area contributed by atoms with Gasteiger partial charge in [-0.05, 0) is 31.7 Å². The van der Waals surface area contributed by atoms with Crippen molar-refractivity contribution < 1.29 is 0 Å². The van der Waals surface area contributed by atoms with Gasteiger partial charge in [0.15, 0.2) is 0 Å². The van der Waals surface area contributed by atoms with Crippen LogP contribution in [0.5, 0.6) is 0 Å². The summed E-state index contributed by atoms with van der Waals surface area (Å²) < 4.78 is 0. The summed E-state index contributed by atoms with van der Waals surface area (Å²) in [7, 11) is 0. The van der Waals surface area contributed by atoms with E-state index in [4.69, 9.17) is 0 Å². The van der Waals surface area contributed by atoms with Gasteiger partial charge in [-0.25, -0.2) is 0 Å². The minimum Gasteiger partial charge on any atom is -0.307 e. The Balaban J connectivity index is 2.13. The Kier molecular flexibility index (Phi) is 10.3. The van der Waals surface area contributed by atoms with E-state index in [-0.39, 0.29) is 5.54 Å². The number of rotatable bonds is 13. The zero-order valence-electron chi connectivity index (χ0n) is 16.0. The number of hydrogen-bond acceptors (Lipinski definition) is 1. The summed E-state index contributed by atoms with van der Waals surface area (Å²) in [5, 5.41) is 3.75. The van der Waals surface area contributed by atoms with Gasteiger partial charge in [-0.15, -0.1) is 0 Å². The van der Waals surface area contributed by atoms with Crippen LogP contribution in [-0.2, 0) is 6.54 Å². The first kappa shape index (κ1) is 20.2. The maximum Gasteiger partial charge on any atom is 0.0210 e. The highest BCUT2D eigenvalue weighted by molar-refractivity contribution is 5.14.